The molecular formula is C36H50N2. The second kappa shape index (κ2) is 16.3. The molecule has 2 heteroatoms. The molecular weight excluding hydrogens is 460 g/mol. The molecule has 3 rings (SSSR count). The average molecular weight is 511 g/mol. The van der Waals surface area contributed by atoms with E-state index >= 15 is 0 Å². The highest BCUT2D eigenvalue weighted by atomic mass is 15.2. The molecule has 204 valence electrons. The first-order valence-electron chi connectivity index (χ1n) is 15.4. The van der Waals surface area contributed by atoms with Crippen molar-refractivity contribution < 1.29 is 4.70 Å². The summed E-state index contributed by atoms with van der Waals surface area (Å²) in [6, 6.07) is 17.7. The van der Waals surface area contributed by atoms with Crippen molar-refractivity contribution in [2.75, 3.05) is 0 Å². The van der Waals surface area contributed by atoms with E-state index in [4.69, 9.17) is 0 Å². The minimum Gasteiger partial charge on any atom is -0.493 e. The zero-order chi connectivity index (χ0) is 27.2. The van der Waals surface area contributed by atoms with Gasteiger partial charge in [-0.25, -0.2) is 4.70 Å². The van der Waals surface area contributed by atoms with Gasteiger partial charge in [-0.3, -0.25) is 0 Å². The van der Waals surface area contributed by atoms with E-state index in [1.807, 2.05) is 0 Å². The topological polar surface area (TPSA) is 25.3 Å². The lowest BCUT2D eigenvalue weighted by atomic mass is 9.90. The summed E-state index contributed by atoms with van der Waals surface area (Å²) in [4.78, 5) is 0. The van der Waals surface area contributed by atoms with Crippen LogP contribution < -0.4 is 0 Å². The van der Waals surface area contributed by atoms with E-state index in [0.717, 1.165) is 74.7 Å². The van der Waals surface area contributed by atoms with Gasteiger partial charge in [-0.15, -0.1) is 0 Å². The van der Waals surface area contributed by atoms with Crippen LogP contribution in [0.15, 0.2) is 71.8 Å². The first-order chi connectivity index (χ1) is 18.7. The fourth-order valence-electron chi connectivity index (χ4n) is 5.49. The van der Waals surface area contributed by atoms with Crippen LogP contribution in [0.3, 0.4) is 0 Å². The van der Waals surface area contributed by atoms with Crippen LogP contribution in [0, 0.1) is 0 Å². The van der Waals surface area contributed by atoms with Crippen LogP contribution in [-0.4, -0.2) is 4.70 Å². The van der Waals surface area contributed by atoms with Crippen molar-refractivity contribution in [2.24, 2.45) is 0 Å². The molecule has 0 aliphatic carbocycles. The van der Waals surface area contributed by atoms with Gasteiger partial charge in [0.25, 0.3) is 0 Å². The predicted molar refractivity (Wildman–Crippen MR) is 165 cm³/mol. The Labute approximate surface area is 233 Å². The minimum absolute atomic E-state index is 0.988. The maximum Gasteiger partial charge on any atom is 0.211 e. The molecule has 2 aromatic rings. The quantitative estimate of drug-likeness (QED) is 0.115. The second-order valence-corrected chi connectivity index (χ2v) is 10.8. The highest BCUT2D eigenvalue weighted by molar-refractivity contribution is 5.82. The summed E-state index contributed by atoms with van der Waals surface area (Å²) in [7, 11) is 0. The number of rotatable bonds is 17. The molecule has 0 saturated carbocycles. The molecule has 0 aromatic heterocycles. The molecule has 0 spiro atoms. The number of hydrogen-bond donors (Lipinski definition) is 0. The Bertz CT molecular complexity index is 1110. The van der Waals surface area contributed by atoms with Crippen LogP contribution in [0.5, 0.6) is 0 Å². The molecule has 0 saturated heterocycles. The van der Waals surface area contributed by atoms with Crippen molar-refractivity contribution in [3.05, 3.63) is 99.6 Å². The van der Waals surface area contributed by atoms with E-state index in [9.17, 15) is 5.53 Å². The lowest BCUT2D eigenvalue weighted by Gasteiger charge is -2.13. The number of allylic oxidation sites excluding steroid dienone is 4. The van der Waals surface area contributed by atoms with Crippen molar-refractivity contribution in [3.8, 4) is 0 Å². The number of hydrogen-bond acceptors (Lipinski definition) is 0. The molecule has 0 atom stereocenters. The molecule has 0 fully saturated rings. The zero-order valence-corrected chi connectivity index (χ0v) is 24.6. The summed E-state index contributed by atoms with van der Waals surface area (Å²) in [5, 5.41) is 0. The minimum atomic E-state index is 0.988. The Morgan fingerprint density at radius 3 is 1.95 bits per heavy atom. The molecule has 0 radical (unpaired) electrons. The highest BCUT2D eigenvalue weighted by Crippen LogP contribution is 2.45. The van der Waals surface area contributed by atoms with Crippen molar-refractivity contribution >= 4 is 11.4 Å². The number of aryl methyl sites for hydroxylation is 2. The van der Waals surface area contributed by atoms with E-state index in [1.165, 1.54) is 59.9 Å². The van der Waals surface area contributed by atoms with E-state index < -0.39 is 0 Å². The zero-order valence-electron chi connectivity index (χ0n) is 24.6. The van der Waals surface area contributed by atoms with Gasteiger partial charge in [0, 0.05) is 22.3 Å². The van der Waals surface area contributed by atoms with E-state index in [2.05, 4.69) is 88.4 Å². The lowest BCUT2D eigenvalue weighted by molar-refractivity contribution is -0.345. The SMILES string of the molecule is CCCC=CCCc1ccccc1C1=C(CCCCC)C(CCCC)=C(c2ccc(CCCC)cc2)[N+]1=[N-]. The third-order valence-corrected chi connectivity index (χ3v) is 7.69. The van der Waals surface area contributed by atoms with E-state index in [1.54, 1.807) is 4.70 Å². The molecule has 1 aliphatic rings. The molecule has 1 heterocycles. The van der Waals surface area contributed by atoms with Gasteiger partial charge in [0.1, 0.15) is 0 Å². The maximum absolute atomic E-state index is 11.9. The highest BCUT2D eigenvalue weighted by Gasteiger charge is 2.35. The second-order valence-electron chi connectivity index (χ2n) is 10.8. The van der Waals surface area contributed by atoms with Gasteiger partial charge in [0.15, 0.2) is 0 Å². The Balaban J connectivity index is 2.05. The van der Waals surface area contributed by atoms with Gasteiger partial charge >= 0.3 is 0 Å². The third kappa shape index (κ3) is 7.88. The van der Waals surface area contributed by atoms with Gasteiger partial charge in [-0.05, 0) is 87.1 Å². The fourth-order valence-corrected chi connectivity index (χ4v) is 5.49. The Hall–Kier alpha value is -2.74. The van der Waals surface area contributed by atoms with E-state index in [0.29, 0.717) is 0 Å². The molecule has 0 N–H and O–H groups in total. The number of nitrogens with zero attached hydrogens (tertiary/aromatic N) is 2. The van der Waals surface area contributed by atoms with Gasteiger partial charge < -0.3 is 5.53 Å². The summed E-state index contributed by atoms with van der Waals surface area (Å²) in [5.74, 6) is 0. The summed E-state index contributed by atoms with van der Waals surface area (Å²) < 4.78 is 1.55. The summed E-state index contributed by atoms with van der Waals surface area (Å²) >= 11 is 0. The van der Waals surface area contributed by atoms with Crippen LogP contribution in [0.4, 0.5) is 0 Å². The number of benzene rings is 2. The lowest BCUT2D eigenvalue weighted by Crippen LogP contribution is -2.05. The number of unbranched alkanes of at least 4 members (excludes halogenated alkanes) is 5. The van der Waals surface area contributed by atoms with Crippen LogP contribution in [-0.2, 0) is 12.8 Å². The van der Waals surface area contributed by atoms with Crippen molar-refractivity contribution in [2.45, 2.75) is 118 Å². The monoisotopic (exact) mass is 510 g/mol. The summed E-state index contributed by atoms with van der Waals surface area (Å²) in [5.41, 5.74) is 21.7. The smallest absolute Gasteiger partial charge is 0.211 e. The Morgan fingerprint density at radius 2 is 1.24 bits per heavy atom. The van der Waals surface area contributed by atoms with Crippen LogP contribution >= 0.6 is 0 Å². The van der Waals surface area contributed by atoms with Crippen molar-refractivity contribution in [3.63, 3.8) is 0 Å². The van der Waals surface area contributed by atoms with Crippen LogP contribution in [0.25, 0.3) is 16.9 Å². The largest absolute Gasteiger partial charge is 0.493 e. The van der Waals surface area contributed by atoms with Crippen molar-refractivity contribution in [1.82, 2.24) is 0 Å². The predicted octanol–water partition coefficient (Wildman–Crippen LogP) is 11.3. The Morgan fingerprint density at radius 1 is 0.605 bits per heavy atom. The van der Waals surface area contributed by atoms with Crippen molar-refractivity contribution in [1.29, 1.82) is 0 Å². The molecule has 0 unspecified atom stereocenters. The molecule has 0 bridgehead atoms. The van der Waals surface area contributed by atoms with E-state index in [-0.39, 0.29) is 0 Å². The molecule has 0 amide bonds. The summed E-state index contributed by atoms with van der Waals surface area (Å²) in [6.07, 6.45) is 20.4. The van der Waals surface area contributed by atoms with Gasteiger partial charge in [-0.1, -0.05) is 102 Å². The average Bonchev–Trinajstić information content (AvgIpc) is 3.21. The first-order valence-corrected chi connectivity index (χ1v) is 15.4. The van der Waals surface area contributed by atoms with Gasteiger partial charge in [0.05, 0.1) is 0 Å². The Kier molecular flexibility index (Phi) is 12.8. The standard InChI is InChI=1S/C36H50N2/c1-5-9-13-14-16-20-30-21-17-18-23-32(30)36-34(24-15-10-6-2)33(22-12-8-4)35(38(36)37)31-27-25-29(26-28-31)19-11-7-3/h13-14,17-18,21,23,25-28H,5-12,15-16,19-20,22,24H2,1-4H3. The van der Waals surface area contributed by atoms with Gasteiger partial charge in [-0.2, -0.15) is 0 Å². The van der Waals surface area contributed by atoms with Crippen LogP contribution in [0.2, 0.25) is 0 Å². The molecule has 2 nitrogen and oxygen atoms in total. The normalized spacial score (nSPS) is 13.9. The maximum atomic E-state index is 11.9. The molecule has 38 heavy (non-hydrogen) atoms. The van der Waals surface area contributed by atoms with Crippen LogP contribution in [0.1, 0.15) is 127 Å². The first kappa shape index (κ1) is 29.8. The third-order valence-electron chi connectivity index (χ3n) is 7.69. The summed E-state index contributed by atoms with van der Waals surface area (Å²) in [6.45, 7) is 9.00. The van der Waals surface area contributed by atoms with Gasteiger partial charge in [0.2, 0.25) is 11.4 Å². The fraction of sp³-hybridized carbons (Fsp3) is 0.500. The molecule has 2 aromatic carbocycles. The molecule has 1 aliphatic heterocycles.